The van der Waals surface area contributed by atoms with Gasteiger partial charge in [-0.15, -0.1) is 0 Å². The monoisotopic (exact) mass is 480 g/mol. The van der Waals surface area contributed by atoms with Crippen molar-refractivity contribution in [1.29, 1.82) is 0 Å². The molecule has 174 valence electrons. The van der Waals surface area contributed by atoms with Crippen LogP contribution < -0.4 is 23.7 Å². The summed E-state index contributed by atoms with van der Waals surface area (Å²) in [6.45, 7) is -0.167. The van der Waals surface area contributed by atoms with Crippen molar-refractivity contribution >= 4 is 29.2 Å². The number of rotatable bonds is 8. The van der Waals surface area contributed by atoms with Gasteiger partial charge >= 0.3 is 0 Å². The van der Waals surface area contributed by atoms with Crippen molar-refractivity contribution in [3.8, 4) is 28.7 Å². The Balaban J connectivity index is 1.53. The van der Waals surface area contributed by atoms with Gasteiger partial charge in [-0.3, -0.25) is 9.59 Å². The first-order valence-electron chi connectivity index (χ1n) is 10.2. The molecule has 1 heterocycles. The lowest BCUT2D eigenvalue weighted by atomic mass is 10.1. The maximum atomic E-state index is 12.9. The van der Waals surface area contributed by atoms with E-state index < -0.39 is 0 Å². The molecule has 7 nitrogen and oxygen atoms in total. The van der Waals surface area contributed by atoms with E-state index in [1.54, 1.807) is 60.7 Å². The van der Waals surface area contributed by atoms with Crippen LogP contribution in [0.5, 0.6) is 28.7 Å². The average molecular weight is 481 g/mol. The summed E-state index contributed by atoms with van der Waals surface area (Å²) in [5, 5.41) is 0.549. The van der Waals surface area contributed by atoms with Crippen LogP contribution in [0, 0.1) is 0 Å². The molecule has 0 radical (unpaired) electrons. The number of ether oxygens (including phenoxy) is 5. The number of Topliss-reactive ketones (excluding diaryl/α,β-unsaturated/α-hetero) is 2. The van der Waals surface area contributed by atoms with E-state index >= 15 is 0 Å². The van der Waals surface area contributed by atoms with Crippen molar-refractivity contribution in [3.05, 3.63) is 82.1 Å². The zero-order valence-corrected chi connectivity index (χ0v) is 19.5. The van der Waals surface area contributed by atoms with Gasteiger partial charge in [0.05, 0.1) is 26.9 Å². The number of methoxy groups -OCH3 is 3. The van der Waals surface area contributed by atoms with Gasteiger partial charge in [0.2, 0.25) is 5.78 Å². The van der Waals surface area contributed by atoms with E-state index in [2.05, 4.69) is 0 Å². The molecule has 0 amide bonds. The number of carbonyl (C=O) groups is 2. The van der Waals surface area contributed by atoms with Gasteiger partial charge in [-0.25, -0.2) is 0 Å². The SMILES string of the molecule is COc1cc(OC)c(OC)cc1/C=C1\Oc2cc(OCC(=O)c3ccc(Cl)cc3)ccc2C1=O. The van der Waals surface area contributed by atoms with Crippen LogP contribution in [0.2, 0.25) is 5.02 Å². The summed E-state index contributed by atoms with van der Waals surface area (Å²) in [5.74, 6) is 1.85. The fraction of sp³-hybridized carbons (Fsp3) is 0.154. The van der Waals surface area contributed by atoms with E-state index in [-0.39, 0.29) is 23.9 Å². The average Bonchev–Trinajstić information content (AvgIpc) is 3.16. The minimum Gasteiger partial charge on any atom is -0.496 e. The van der Waals surface area contributed by atoms with Gasteiger partial charge in [0.1, 0.15) is 17.2 Å². The first-order chi connectivity index (χ1) is 16.4. The largest absolute Gasteiger partial charge is 0.496 e. The molecule has 0 bridgehead atoms. The second-order valence-corrected chi connectivity index (χ2v) is 7.70. The number of halogens is 1. The van der Waals surface area contributed by atoms with Gasteiger partial charge in [-0.05, 0) is 48.5 Å². The molecular weight excluding hydrogens is 460 g/mol. The van der Waals surface area contributed by atoms with Crippen molar-refractivity contribution in [3.63, 3.8) is 0 Å². The molecule has 0 N–H and O–H groups in total. The Bertz CT molecular complexity index is 1280. The van der Waals surface area contributed by atoms with E-state index in [9.17, 15) is 9.59 Å². The van der Waals surface area contributed by atoms with Gasteiger partial charge < -0.3 is 23.7 Å². The van der Waals surface area contributed by atoms with Crippen LogP contribution in [-0.4, -0.2) is 39.5 Å². The molecule has 3 aromatic rings. The molecule has 0 fully saturated rings. The van der Waals surface area contributed by atoms with Crippen LogP contribution in [0.25, 0.3) is 6.08 Å². The molecule has 0 unspecified atom stereocenters. The standard InChI is InChI=1S/C26H21ClO7/c1-30-21-13-24(32-3)23(31-2)10-16(21)11-25-26(29)19-9-8-18(12-22(19)34-25)33-14-20(28)15-4-6-17(27)7-5-15/h4-13H,14H2,1-3H3/b25-11-. The summed E-state index contributed by atoms with van der Waals surface area (Å²) in [6.07, 6.45) is 1.58. The first-order valence-corrected chi connectivity index (χ1v) is 10.6. The molecule has 0 aromatic heterocycles. The van der Waals surface area contributed by atoms with Crippen LogP contribution in [0.4, 0.5) is 0 Å². The highest BCUT2D eigenvalue weighted by molar-refractivity contribution is 6.30. The summed E-state index contributed by atoms with van der Waals surface area (Å²) in [4.78, 5) is 25.2. The predicted molar refractivity (Wildman–Crippen MR) is 127 cm³/mol. The molecule has 0 aliphatic carbocycles. The van der Waals surface area contributed by atoms with Crippen molar-refractivity contribution in [2.45, 2.75) is 0 Å². The van der Waals surface area contributed by atoms with Crippen molar-refractivity contribution in [2.24, 2.45) is 0 Å². The van der Waals surface area contributed by atoms with Crippen LogP contribution in [0.15, 0.2) is 60.4 Å². The number of carbonyl (C=O) groups excluding carboxylic acids is 2. The summed E-state index contributed by atoms with van der Waals surface area (Å²) in [6, 6.07) is 14.7. The molecule has 4 rings (SSSR count). The Morgan fingerprint density at radius 2 is 1.59 bits per heavy atom. The Kier molecular flexibility index (Phi) is 6.75. The Morgan fingerprint density at radius 1 is 0.912 bits per heavy atom. The Morgan fingerprint density at radius 3 is 2.26 bits per heavy atom. The zero-order chi connectivity index (χ0) is 24.2. The third-order valence-corrected chi connectivity index (χ3v) is 5.45. The lowest BCUT2D eigenvalue weighted by molar-refractivity contribution is 0.0921. The van der Waals surface area contributed by atoms with Crippen molar-refractivity contribution in [2.75, 3.05) is 27.9 Å². The quantitative estimate of drug-likeness (QED) is 0.322. The summed E-state index contributed by atoms with van der Waals surface area (Å²) < 4.78 is 27.5. The molecule has 1 aliphatic rings. The smallest absolute Gasteiger partial charge is 0.231 e. The van der Waals surface area contributed by atoms with E-state index in [0.717, 1.165) is 0 Å². The number of hydrogen-bond donors (Lipinski definition) is 0. The highest BCUT2D eigenvalue weighted by atomic mass is 35.5. The highest BCUT2D eigenvalue weighted by Crippen LogP contribution is 2.39. The third-order valence-electron chi connectivity index (χ3n) is 5.20. The van der Waals surface area contributed by atoms with Crippen molar-refractivity contribution in [1.82, 2.24) is 0 Å². The zero-order valence-electron chi connectivity index (χ0n) is 18.7. The van der Waals surface area contributed by atoms with E-state index in [1.807, 2.05) is 0 Å². The molecule has 0 spiro atoms. The lowest BCUT2D eigenvalue weighted by Gasteiger charge is -2.12. The topological polar surface area (TPSA) is 80.3 Å². The van der Waals surface area contributed by atoms with Gasteiger partial charge in [0.25, 0.3) is 0 Å². The molecule has 8 heteroatoms. The summed E-state index contributed by atoms with van der Waals surface area (Å²) in [5.41, 5.74) is 1.47. The second-order valence-electron chi connectivity index (χ2n) is 7.27. The van der Waals surface area contributed by atoms with Crippen LogP contribution >= 0.6 is 11.6 Å². The highest BCUT2D eigenvalue weighted by Gasteiger charge is 2.28. The minimum atomic E-state index is -0.282. The van der Waals surface area contributed by atoms with Crippen LogP contribution in [0.3, 0.4) is 0 Å². The number of ketones is 2. The number of hydrogen-bond acceptors (Lipinski definition) is 7. The first kappa shape index (κ1) is 23.2. The summed E-state index contributed by atoms with van der Waals surface area (Å²) >= 11 is 5.86. The van der Waals surface area contributed by atoms with E-state index in [4.69, 9.17) is 35.3 Å². The summed E-state index contributed by atoms with van der Waals surface area (Å²) in [7, 11) is 4.57. The number of allylic oxidation sites excluding steroid dienone is 1. The van der Waals surface area contributed by atoms with Crippen LogP contribution in [0.1, 0.15) is 26.3 Å². The van der Waals surface area contributed by atoms with Gasteiger partial charge in [0.15, 0.2) is 29.6 Å². The fourth-order valence-corrected chi connectivity index (χ4v) is 3.56. The maximum absolute atomic E-state index is 12.9. The molecular formula is C26H21ClO7. The van der Waals surface area contributed by atoms with Gasteiger partial charge in [-0.1, -0.05) is 11.6 Å². The normalized spacial score (nSPS) is 13.3. The molecule has 34 heavy (non-hydrogen) atoms. The van der Waals surface area contributed by atoms with E-state index in [1.165, 1.54) is 21.3 Å². The minimum absolute atomic E-state index is 0.120. The van der Waals surface area contributed by atoms with Gasteiger partial charge in [0, 0.05) is 28.3 Å². The molecule has 0 atom stereocenters. The molecule has 1 aliphatic heterocycles. The Hall–Kier alpha value is -3.97. The second kappa shape index (κ2) is 9.89. The third kappa shape index (κ3) is 4.70. The predicted octanol–water partition coefficient (Wildman–Crippen LogP) is 5.24. The molecule has 0 saturated heterocycles. The number of benzene rings is 3. The molecule has 0 saturated carbocycles. The van der Waals surface area contributed by atoms with Gasteiger partial charge in [-0.2, -0.15) is 0 Å². The van der Waals surface area contributed by atoms with Crippen molar-refractivity contribution < 1.29 is 33.3 Å². The fourth-order valence-electron chi connectivity index (χ4n) is 3.43. The van der Waals surface area contributed by atoms with E-state index in [0.29, 0.717) is 50.5 Å². The maximum Gasteiger partial charge on any atom is 0.231 e. The molecule has 3 aromatic carbocycles. The number of fused-ring (bicyclic) bond motifs is 1. The van der Waals surface area contributed by atoms with Crippen LogP contribution in [-0.2, 0) is 0 Å². The Labute approximate surface area is 201 Å². The lowest BCUT2D eigenvalue weighted by Crippen LogP contribution is -2.11.